The maximum Gasteiger partial charge on any atom is 0.255 e. The second-order valence-corrected chi connectivity index (χ2v) is 7.14. The molecular weight excluding hydrogens is 439 g/mol. The third-order valence-electron chi connectivity index (χ3n) is 4.05. The van der Waals surface area contributed by atoms with Crippen LogP contribution in [0, 0.1) is 3.57 Å². The van der Waals surface area contributed by atoms with Crippen LogP contribution >= 0.6 is 22.6 Å². The van der Waals surface area contributed by atoms with Gasteiger partial charge < -0.3 is 5.32 Å². The molecule has 4 rings (SSSR count). The minimum Gasteiger partial charge on any atom is -0.322 e. The Morgan fingerprint density at radius 2 is 1.81 bits per heavy atom. The van der Waals surface area contributed by atoms with Crippen molar-refractivity contribution in [2.75, 3.05) is 5.32 Å². The number of para-hydroxylation sites is 1. The van der Waals surface area contributed by atoms with Crippen molar-refractivity contribution in [3.05, 3.63) is 87.5 Å². The molecule has 0 radical (unpaired) electrons. The van der Waals surface area contributed by atoms with Crippen molar-refractivity contribution in [2.45, 2.75) is 6.54 Å². The summed E-state index contributed by atoms with van der Waals surface area (Å²) >= 11 is 2.22. The predicted molar refractivity (Wildman–Crippen MR) is 110 cm³/mol. The van der Waals surface area contributed by atoms with E-state index >= 15 is 0 Å². The van der Waals surface area contributed by atoms with Gasteiger partial charge in [0.15, 0.2) is 0 Å². The van der Waals surface area contributed by atoms with E-state index in [1.807, 2.05) is 77.5 Å². The fourth-order valence-electron chi connectivity index (χ4n) is 2.74. The van der Waals surface area contributed by atoms with Gasteiger partial charge in [0.2, 0.25) is 0 Å². The van der Waals surface area contributed by atoms with Crippen molar-refractivity contribution in [2.24, 2.45) is 0 Å². The van der Waals surface area contributed by atoms with E-state index in [4.69, 9.17) is 0 Å². The highest BCUT2D eigenvalue weighted by Crippen LogP contribution is 2.15. The molecular formula is C20H15IN4O. The highest BCUT2D eigenvalue weighted by molar-refractivity contribution is 14.1. The molecule has 0 saturated heterocycles. The molecule has 1 aromatic heterocycles. The van der Waals surface area contributed by atoms with Crippen LogP contribution in [0.2, 0.25) is 0 Å². The normalized spacial score (nSPS) is 10.8. The smallest absolute Gasteiger partial charge is 0.255 e. The fraction of sp³-hybridized carbons (Fsp3) is 0.0500. The summed E-state index contributed by atoms with van der Waals surface area (Å²) in [6.45, 7) is 0.610. The Bertz CT molecular complexity index is 1070. The molecule has 0 saturated carbocycles. The number of hydrogen-bond donors (Lipinski definition) is 1. The first-order valence-corrected chi connectivity index (χ1v) is 9.21. The van der Waals surface area contributed by atoms with Gasteiger partial charge >= 0.3 is 0 Å². The zero-order chi connectivity index (χ0) is 17.9. The van der Waals surface area contributed by atoms with E-state index in [0.717, 1.165) is 25.9 Å². The molecule has 4 aromatic rings. The Morgan fingerprint density at radius 1 is 1.00 bits per heavy atom. The maximum absolute atomic E-state index is 12.4. The molecule has 0 aliphatic carbocycles. The topological polar surface area (TPSA) is 59.8 Å². The number of halogens is 1. The maximum atomic E-state index is 12.4. The molecule has 6 heteroatoms. The van der Waals surface area contributed by atoms with Gasteiger partial charge in [-0.15, -0.1) is 5.10 Å². The highest BCUT2D eigenvalue weighted by atomic mass is 127. The third-order valence-corrected chi connectivity index (χ3v) is 4.72. The largest absolute Gasteiger partial charge is 0.322 e. The van der Waals surface area contributed by atoms with Crippen LogP contribution in [-0.2, 0) is 6.54 Å². The number of carbonyl (C=O) groups excluding carboxylic acids is 1. The minimum atomic E-state index is -0.121. The molecule has 0 fully saturated rings. The van der Waals surface area contributed by atoms with Gasteiger partial charge in [-0.2, -0.15) is 0 Å². The van der Waals surface area contributed by atoms with E-state index < -0.39 is 0 Å². The molecule has 1 amide bonds. The summed E-state index contributed by atoms with van der Waals surface area (Å²) in [5, 5.41) is 11.3. The lowest BCUT2D eigenvalue weighted by Crippen LogP contribution is -2.12. The second kappa shape index (κ2) is 7.25. The summed E-state index contributed by atoms with van der Waals surface area (Å²) in [6.07, 6.45) is 0. The molecule has 26 heavy (non-hydrogen) atoms. The van der Waals surface area contributed by atoms with Gasteiger partial charge in [-0.05, 0) is 70.6 Å². The Hall–Kier alpha value is -2.74. The summed E-state index contributed by atoms with van der Waals surface area (Å²) < 4.78 is 2.94. The fourth-order valence-corrected chi connectivity index (χ4v) is 3.28. The third kappa shape index (κ3) is 3.60. The quantitative estimate of drug-likeness (QED) is 0.467. The first kappa shape index (κ1) is 16.7. The lowest BCUT2D eigenvalue weighted by atomic mass is 10.1. The molecule has 0 aliphatic heterocycles. The number of carbonyl (C=O) groups is 1. The van der Waals surface area contributed by atoms with Crippen molar-refractivity contribution >= 4 is 45.2 Å². The van der Waals surface area contributed by atoms with Gasteiger partial charge in [-0.1, -0.05) is 35.5 Å². The van der Waals surface area contributed by atoms with Gasteiger partial charge in [0.05, 0.1) is 12.1 Å². The number of nitrogens with one attached hydrogen (secondary N) is 1. The molecule has 128 valence electrons. The van der Waals surface area contributed by atoms with Crippen LogP contribution in [0.4, 0.5) is 5.69 Å². The second-order valence-electron chi connectivity index (χ2n) is 5.90. The summed E-state index contributed by atoms with van der Waals surface area (Å²) in [5.74, 6) is -0.121. The molecule has 0 atom stereocenters. The highest BCUT2D eigenvalue weighted by Gasteiger charge is 2.08. The van der Waals surface area contributed by atoms with Gasteiger partial charge in [0.1, 0.15) is 5.52 Å². The van der Waals surface area contributed by atoms with E-state index in [2.05, 4.69) is 38.2 Å². The van der Waals surface area contributed by atoms with E-state index in [1.54, 1.807) is 0 Å². The Morgan fingerprint density at radius 3 is 2.62 bits per heavy atom. The number of aromatic nitrogens is 3. The van der Waals surface area contributed by atoms with Crippen LogP contribution in [0.3, 0.4) is 0 Å². The van der Waals surface area contributed by atoms with Crippen molar-refractivity contribution in [1.82, 2.24) is 15.0 Å². The SMILES string of the molecule is O=C(Nc1cccc(I)c1)c1ccc(Cn2nnc3ccccc32)cc1. The molecule has 0 bridgehead atoms. The average molecular weight is 454 g/mol. The average Bonchev–Trinajstić information content (AvgIpc) is 3.05. The lowest BCUT2D eigenvalue weighted by Gasteiger charge is -2.07. The summed E-state index contributed by atoms with van der Waals surface area (Å²) in [4.78, 5) is 12.4. The molecule has 3 aromatic carbocycles. The van der Waals surface area contributed by atoms with E-state index in [-0.39, 0.29) is 5.91 Å². The first-order chi connectivity index (χ1) is 12.7. The minimum absolute atomic E-state index is 0.121. The van der Waals surface area contributed by atoms with Gasteiger partial charge in [0.25, 0.3) is 5.91 Å². The molecule has 5 nitrogen and oxygen atoms in total. The van der Waals surface area contributed by atoms with Gasteiger partial charge in [-0.25, -0.2) is 4.68 Å². The van der Waals surface area contributed by atoms with Crippen molar-refractivity contribution in [3.63, 3.8) is 0 Å². The van der Waals surface area contributed by atoms with Crippen LogP contribution < -0.4 is 5.32 Å². The number of fused-ring (bicyclic) bond motifs is 1. The van der Waals surface area contributed by atoms with Crippen LogP contribution in [0.5, 0.6) is 0 Å². The van der Waals surface area contributed by atoms with E-state index in [1.165, 1.54) is 0 Å². The van der Waals surface area contributed by atoms with Gasteiger partial charge in [0, 0.05) is 14.8 Å². The number of hydrogen-bond acceptors (Lipinski definition) is 3. The standard InChI is InChI=1S/C20H15IN4O/c21-16-4-3-5-17(12-16)22-20(26)15-10-8-14(9-11-15)13-25-19-7-2-1-6-18(19)23-24-25/h1-12H,13H2,(H,22,26). The first-order valence-electron chi connectivity index (χ1n) is 8.13. The molecule has 1 heterocycles. The molecule has 0 unspecified atom stereocenters. The molecule has 0 aliphatic rings. The zero-order valence-electron chi connectivity index (χ0n) is 13.8. The molecule has 1 N–H and O–H groups in total. The Balaban J connectivity index is 1.49. The zero-order valence-corrected chi connectivity index (χ0v) is 15.9. The monoisotopic (exact) mass is 454 g/mol. The van der Waals surface area contributed by atoms with Crippen LogP contribution in [0.1, 0.15) is 15.9 Å². The van der Waals surface area contributed by atoms with E-state index in [0.29, 0.717) is 12.1 Å². The summed E-state index contributed by atoms with van der Waals surface area (Å²) in [6, 6.07) is 23.1. The Kier molecular flexibility index (Phi) is 4.66. The Labute approximate surface area is 164 Å². The number of nitrogens with zero attached hydrogens (tertiary/aromatic N) is 3. The lowest BCUT2D eigenvalue weighted by molar-refractivity contribution is 0.102. The van der Waals surface area contributed by atoms with E-state index in [9.17, 15) is 4.79 Å². The van der Waals surface area contributed by atoms with Crippen molar-refractivity contribution in [1.29, 1.82) is 0 Å². The molecule has 0 spiro atoms. The van der Waals surface area contributed by atoms with Crippen LogP contribution in [-0.4, -0.2) is 20.9 Å². The summed E-state index contributed by atoms with van der Waals surface area (Å²) in [7, 11) is 0. The predicted octanol–water partition coefficient (Wildman–Crippen LogP) is 4.34. The number of benzene rings is 3. The van der Waals surface area contributed by atoms with Crippen LogP contribution in [0.25, 0.3) is 11.0 Å². The number of anilines is 1. The van der Waals surface area contributed by atoms with Gasteiger partial charge in [-0.3, -0.25) is 4.79 Å². The van der Waals surface area contributed by atoms with Crippen molar-refractivity contribution in [3.8, 4) is 0 Å². The number of rotatable bonds is 4. The van der Waals surface area contributed by atoms with Crippen LogP contribution in [0.15, 0.2) is 72.8 Å². The number of amides is 1. The van der Waals surface area contributed by atoms with Crippen molar-refractivity contribution < 1.29 is 4.79 Å². The summed E-state index contributed by atoms with van der Waals surface area (Å²) in [5.41, 5.74) is 4.34.